The van der Waals surface area contributed by atoms with E-state index in [-0.39, 0.29) is 12.5 Å². The summed E-state index contributed by atoms with van der Waals surface area (Å²) >= 11 is 1.30. The van der Waals surface area contributed by atoms with Crippen molar-refractivity contribution in [1.82, 2.24) is 19.9 Å². The van der Waals surface area contributed by atoms with E-state index in [1.807, 2.05) is 4.90 Å². The monoisotopic (exact) mass is 333 g/mol. The highest BCUT2D eigenvalue weighted by Crippen LogP contribution is 2.25. The molecule has 0 radical (unpaired) electrons. The lowest BCUT2D eigenvalue weighted by Crippen LogP contribution is -2.55. The number of β-amino-alcohol motifs (C(OH)–C–C–N with tert-alkyl or cyclic N) is 1. The van der Waals surface area contributed by atoms with Gasteiger partial charge in [-0.15, -0.1) is 11.3 Å². The predicted octanol–water partition coefficient (Wildman–Crippen LogP) is 1.04. The first-order valence-electron chi connectivity index (χ1n) is 7.46. The number of likely N-dealkylation sites (N-methyl/N-ethyl adjacent to an activating group) is 1. The van der Waals surface area contributed by atoms with Crippen LogP contribution in [0.25, 0.3) is 0 Å². The van der Waals surface area contributed by atoms with Crippen LogP contribution < -0.4 is 4.90 Å². The van der Waals surface area contributed by atoms with Crippen LogP contribution in [0.1, 0.15) is 22.5 Å². The van der Waals surface area contributed by atoms with E-state index < -0.39 is 5.60 Å². The van der Waals surface area contributed by atoms with Gasteiger partial charge in [-0.25, -0.2) is 9.97 Å². The lowest BCUT2D eigenvalue weighted by Gasteiger charge is -2.41. The van der Waals surface area contributed by atoms with Crippen molar-refractivity contribution < 1.29 is 9.90 Å². The number of amides is 1. The van der Waals surface area contributed by atoms with Crippen LogP contribution in [0.2, 0.25) is 0 Å². The summed E-state index contributed by atoms with van der Waals surface area (Å²) in [4.78, 5) is 28.8. The molecule has 0 saturated carbocycles. The molecular formula is C15H19N5O2S. The smallest absolute Gasteiger partial charge is 0.265 e. The molecule has 0 unspecified atom stereocenters. The quantitative estimate of drug-likeness (QED) is 0.900. The van der Waals surface area contributed by atoms with Gasteiger partial charge < -0.3 is 14.9 Å². The molecule has 2 aromatic heterocycles. The molecule has 1 N–H and O–H groups in total. The lowest BCUT2D eigenvalue weighted by molar-refractivity contribution is -0.000180. The number of piperidine rings is 1. The number of carbonyl (C=O) groups is 1. The van der Waals surface area contributed by atoms with Crippen LogP contribution in [0.15, 0.2) is 30.2 Å². The Bertz CT molecular complexity index is 651. The molecule has 1 atom stereocenters. The third kappa shape index (κ3) is 3.65. The van der Waals surface area contributed by atoms with E-state index in [9.17, 15) is 9.90 Å². The largest absolute Gasteiger partial charge is 0.386 e. The molecule has 1 fully saturated rings. The molecule has 23 heavy (non-hydrogen) atoms. The van der Waals surface area contributed by atoms with Crippen molar-refractivity contribution in [3.8, 4) is 0 Å². The van der Waals surface area contributed by atoms with E-state index in [2.05, 4.69) is 15.0 Å². The van der Waals surface area contributed by atoms with E-state index in [0.29, 0.717) is 23.8 Å². The molecular weight excluding hydrogens is 314 g/mol. The Hall–Kier alpha value is -2.06. The molecule has 0 aliphatic carbocycles. The van der Waals surface area contributed by atoms with Gasteiger partial charge in [-0.2, -0.15) is 0 Å². The Morgan fingerprint density at radius 2 is 2.26 bits per heavy atom. The molecule has 122 valence electrons. The number of nitrogens with zero attached hydrogens (tertiary/aromatic N) is 5. The van der Waals surface area contributed by atoms with E-state index >= 15 is 0 Å². The Morgan fingerprint density at radius 1 is 1.48 bits per heavy atom. The van der Waals surface area contributed by atoms with Crippen molar-refractivity contribution >= 4 is 23.2 Å². The highest BCUT2D eigenvalue weighted by atomic mass is 32.1. The zero-order valence-electron chi connectivity index (χ0n) is 12.9. The Labute approximate surface area is 138 Å². The second-order valence-electron chi connectivity index (χ2n) is 5.83. The number of anilines is 1. The summed E-state index contributed by atoms with van der Waals surface area (Å²) in [5, 5.41) is 10.9. The van der Waals surface area contributed by atoms with E-state index in [0.717, 1.165) is 13.0 Å². The fraction of sp³-hybridized carbons (Fsp3) is 0.467. The zero-order valence-corrected chi connectivity index (χ0v) is 13.7. The molecule has 8 heteroatoms. The van der Waals surface area contributed by atoms with Crippen LogP contribution in [0.5, 0.6) is 0 Å². The van der Waals surface area contributed by atoms with Gasteiger partial charge in [0.25, 0.3) is 5.91 Å². The fourth-order valence-electron chi connectivity index (χ4n) is 2.89. The summed E-state index contributed by atoms with van der Waals surface area (Å²) in [6.07, 6.45) is 6.41. The van der Waals surface area contributed by atoms with E-state index in [1.165, 1.54) is 11.3 Å². The third-order valence-electron chi connectivity index (χ3n) is 3.91. The number of hydrogen-bond donors (Lipinski definition) is 1. The second kappa shape index (κ2) is 6.59. The zero-order chi connectivity index (χ0) is 16.3. The summed E-state index contributed by atoms with van der Waals surface area (Å²) in [7, 11) is 1.71. The maximum atomic E-state index is 12.3. The average Bonchev–Trinajstić information content (AvgIpc) is 3.09. The van der Waals surface area contributed by atoms with Gasteiger partial charge >= 0.3 is 0 Å². The minimum absolute atomic E-state index is 0.117. The fourth-order valence-corrected chi connectivity index (χ4v) is 3.50. The van der Waals surface area contributed by atoms with Crippen LogP contribution >= 0.6 is 11.3 Å². The first kappa shape index (κ1) is 15.8. The molecule has 7 nitrogen and oxygen atoms in total. The molecule has 1 aliphatic rings. The summed E-state index contributed by atoms with van der Waals surface area (Å²) in [6, 6.07) is 1.77. The molecule has 3 heterocycles. The van der Waals surface area contributed by atoms with Gasteiger partial charge in [-0.05, 0) is 18.9 Å². The average molecular weight is 333 g/mol. The van der Waals surface area contributed by atoms with Crippen LogP contribution in [0, 0.1) is 0 Å². The second-order valence-corrected chi connectivity index (χ2v) is 6.71. The van der Waals surface area contributed by atoms with Gasteiger partial charge in [0.2, 0.25) is 5.95 Å². The summed E-state index contributed by atoms with van der Waals surface area (Å²) in [6.45, 7) is 1.49. The SMILES string of the molecule is CN(C[C@@]1(O)CCCN(c2ncccn2)C1)C(=O)c1cncs1. The van der Waals surface area contributed by atoms with Gasteiger partial charge in [0.05, 0.1) is 30.4 Å². The van der Waals surface area contributed by atoms with Crippen molar-refractivity contribution in [3.63, 3.8) is 0 Å². The van der Waals surface area contributed by atoms with Crippen LogP contribution in [0.4, 0.5) is 5.95 Å². The number of aromatic nitrogens is 3. The van der Waals surface area contributed by atoms with Crippen molar-refractivity contribution in [2.45, 2.75) is 18.4 Å². The van der Waals surface area contributed by atoms with Crippen molar-refractivity contribution in [2.75, 3.05) is 31.6 Å². The van der Waals surface area contributed by atoms with Crippen LogP contribution in [0.3, 0.4) is 0 Å². The number of carbonyl (C=O) groups excluding carboxylic acids is 1. The number of thiazole rings is 1. The standard InChI is InChI=1S/C15H19N5O2S/c1-19(13(21)12-8-16-11-23-12)9-15(22)4-2-7-20(10-15)14-17-5-3-6-18-14/h3,5-6,8,11,22H,2,4,7,9-10H2,1H3/t15-/m0/s1. The molecule has 0 spiro atoms. The van der Waals surface area contributed by atoms with Gasteiger partial charge in [0.1, 0.15) is 4.88 Å². The molecule has 2 aromatic rings. The number of rotatable bonds is 4. The number of hydrogen-bond acceptors (Lipinski definition) is 7. The first-order chi connectivity index (χ1) is 11.1. The van der Waals surface area contributed by atoms with E-state index in [4.69, 9.17) is 0 Å². The van der Waals surface area contributed by atoms with Crippen molar-refractivity contribution in [3.05, 3.63) is 35.0 Å². The maximum Gasteiger partial charge on any atom is 0.265 e. The lowest BCUT2D eigenvalue weighted by atomic mass is 9.92. The minimum atomic E-state index is -0.966. The molecule has 1 amide bonds. The molecule has 1 saturated heterocycles. The highest BCUT2D eigenvalue weighted by Gasteiger charge is 2.36. The topological polar surface area (TPSA) is 82.5 Å². The normalized spacial score (nSPS) is 21.2. The number of aliphatic hydroxyl groups is 1. The van der Waals surface area contributed by atoms with Gasteiger partial charge in [-0.1, -0.05) is 0 Å². The summed E-state index contributed by atoms with van der Waals surface area (Å²) < 4.78 is 0. The highest BCUT2D eigenvalue weighted by molar-refractivity contribution is 7.11. The minimum Gasteiger partial charge on any atom is -0.386 e. The van der Waals surface area contributed by atoms with Crippen LogP contribution in [-0.4, -0.2) is 63.1 Å². The van der Waals surface area contributed by atoms with Crippen molar-refractivity contribution in [1.29, 1.82) is 0 Å². The molecule has 0 bridgehead atoms. The molecule has 1 aliphatic heterocycles. The summed E-state index contributed by atoms with van der Waals surface area (Å²) in [5.74, 6) is 0.496. The van der Waals surface area contributed by atoms with Gasteiger partial charge in [-0.3, -0.25) is 9.78 Å². The van der Waals surface area contributed by atoms with Gasteiger partial charge in [0.15, 0.2) is 0 Å². The maximum absolute atomic E-state index is 12.3. The summed E-state index contributed by atoms with van der Waals surface area (Å²) in [5.41, 5.74) is 0.664. The molecule has 0 aromatic carbocycles. The Kier molecular flexibility index (Phi) is 4.53. The predicted molar refractivity (Wildman–Crippen MR) is 87.5 cm³/mol. The van der Waals surface area contributed by atoms with E-state index in [1.54, 1.807) is 42.1 Å². The van der Waals surface area contributed by atoms with Crippen LogP contribution in [-0.2, 0) is 0 Å². The molecule has 3 rings (SSSR count). The van der Waals surface area contributed by atoms with Crippen molar-refractivity contribution in [2.24, 2.45) is 0 Å². The van der Waals surface area contributed by atoms with Gasteiger partial charge in [0, 0.05) is 26.0 Å². The Morgan fingerprint density at radius 3 is 2.96 bits per heavy atom. The third-order valence-corrected chi connectivity index (χ3v) is 4.67. The first-order valence-corrected chi connectivity index (χ1v) is 8.34. The Balaban J connectivity index is 1.67.